The number of aromatic nitrogens is 2. The van der Waals surface area contributed by atoms with Gasteiger partial charge in [0.1, 0.15) is 27.0 Å². The molecule has 188 valence electrons. The van der Waals surface area contributed by atoms with E-state index in [4.69, 9.17) is 0 Å². The number of amides is 2. The van der Waals surface area contributed by atoms with Gasteiger partial charge in [0, 0.05) is 32.0 Å². The molecule has 4 saturated carbocycles. The molecule has 3 heterocycles. The second-order valence-electron chi connectivity index (χ2n) is 11.7. The van der Waals surface area contributed by atoms with Gasteiger partial charge in [-0.1, -0.05) is 6.07 Å². The van der Waals surface area contributed by atoms with E-state index in [0.717, 1.165) is 17.8 Å². The predicted molar refractivity (Wildman–Crippen MR) is 133 cm³/mol. The van der Waals surface area contributed by atoms with Gasteiger partial charge < -0.3 is 10.2 Å². The highest BCUT2D eigenvalue weighted by Crippen LogP contribution is 2.61. The minimum Gasteiger partial charge on any atom is -0.337 e. The molecule has 0 radical (unpaired) electrons. The van der Waals surface area contributed by atoms with Crippen LogP contribution >= 0.6 is 0 Å². The number of carbonyl (C=O) groups is 2. The van der Waals surface area contributed by atoms with E-state index in [0.29, 0.717) is 49.5 Å². The van der Waals surface area contributed by atoms with E-state index >= 15 is 0 Å². The average Bonchev–Trinajstić information content (AvgIpc) is 3.22. The molecule has 5 aliphatic rings. The number of nitrogens with zero attached hydrogens (tertiary/aromatic N) is 3. The molecule has 0 spiro atoms. The predicted octanol–water partition coefficient (Wildman–Crippen LogP) is 3.53. The molecule has 5 fully saturated rings. The van der Waals surface area contributed by atoms with Gasteiger partial charge in [0.25, 0.3) is 5.91 Å². The number of fused-ring (bicyclic) bond motifs is 1. The Morgan fingerprint density at radius 1 is 1.06 bits per heavy atom. The fraction of sp³-hybridized carbons (Fsp3) is 0.654. The first kappa shape index (κ1) is 23.0. The molecule has 1 N–H and O–H groups in total. The van der Waals surface area contributed by atoms with E-state index in [-0.39, 0.29) is 22.5 Å². The van der Waals surface area contributed by atoms with Crippen LogP contribution in [0.4, 0.5) is 5.82 Å². The third-order valence-electron chi connectivity index (χ3n) is 9.01. The van der Waals surface area contributed by atoms with E-state index in [1.807, 2.05) is 18.2 Å². The number of nitrogens with one attached hydrogen (secondary N) is 1. The Bertz CT molecular complexity index is 1240. The molecule has 8 nitrogen and oxygen atoms in total. The third-order valence-corrected chi connectivity index (χ3v) is 10.7. The summed E-state index contributed by atoms with van der Waals surface area (Å²) < 4.78 is 25.4. The monoisotopic (exact) mass is 498 g/mol. The number of likely N-dealkylation sites (tertiary alicyclic amines) is 1. The number of piperidine rings is 1. The first-order chi connectivity index (χ1) is 16.7. The van der Waals surface area contributed by atoms with E-state index in [1.54, 1.807) is 15.5 Å². The quantitative estimate of drug-likeness (QED) is 0.680. The zero-order valence-electron chi connectivity index (χ0n) is 20.3. The Morgan fingerprint density at radius 3 is 2.29 bits per heavy atom. The summed E-state index contributed by atoms with van der Waals surface area (Å²) >= 11 is 0. The van der Waals surface area contributed by atoms with Crippen molar-refractivity contribution in [3.8, 4) is 0 Å². The largest absolute Gasteiger partial charge is 0.337 e. The minimum atomic E-state index is -3.09. The number of pyridine rings is 1. The van der Waals surface area contributed by atoms with Crippen molar-refractivity contribution < 1.29 is 18.0 Å². The summed E-state index contributed by atoms with van der Waals surface area (Å²) in [5.74, 6) is 2.89. The summed E-state index contributed by atoms with van der Waals surface area (Å²) in [5, 5.41) is 2.72. The van der Waals surface area contributed by atoms with Crippen molar-refractivity contribution in [1.82, 2.24) is 14.3 Å². The second kappa shape index (κ2) is 8.32. The van der Waals surface area contributed by atoms with Crippen LogP contribution in [0.15, 0.2) is 24.4 Å². The number of carbonyl (C=O) groups excluding carboxylic acids is 2. The zero-order valence-corrected chi connectivity index (χ0v) is 21.1. The van der Waals surface area contributed by atoms with E-state index in [2.05, 4.69) is 10.3 Å². The van der Waals surface area contributed by atoms with Crippen LogP contribution < -0.4 is 5.32 Å². The summed E-state index contributed by atoms with van der Waals surface area (Å²) in [6, 6.07) is 5.51. The molecule has 2 aromatic heterocycles. The number of rotatable bonds is 5. The highest BCUT2D eigenvalue weighted by molar-refractivity contribution is 7.91. The van der Waals surface area contributed by atoms with Crippen LogP contribution in [0.1, 0.15) is 68.3 Å². The Hall–Kier alpha value is -2.42. The lowest BCUT2D eigenvalue weighted by atomic mass is 9.49. The molecule has 4 bridgehead atoms. The van der Waals surface area contributed by atoms with Gasteiger partial charge in [-0.3, -0.25) is 14.0 Å². The topological polar surface area (TPSA) is 101 Å². The van der Waals surface area contributed by atoms with E-state index < -0.39 is 9.84 Å². The molecule has 9 heteroatoms. The number of hydrogen-bond acceptors (Lipinski definition) is 5. The maximum atomic E-state index is 13.2. The molecular weight excluding hydrogens is 464 g/mol. The molecule has 4 aliphatic carbocycles. The second-order valence-corrected chi connectivity index (χ2v) is 14.1. The van der Waals surface area contributed by atoms with Crippen molar-refractivity contribution in [2.75, 3.05) is 24.7 Å². The van der Waals surface area contributed by atoms with Crippen LogP contribution in [0.5, 0.6) is 0 Å². The fourth-order valence-electron chi connectivity index (χ4n) is 7.90. The number of imidazole rings is 1. The van der Waals surface area contributed by atoms with Crippen molar-refractivity contribution in [1.29, 1.82) is 0 Å². The molecule has 2 aromatic rings. The standard InChI is InChI=1S/C26H34N4O4S/c1-35(33,34)20-5-7-29(8-6-20)25(32)21-16-30-22(27-21)3-2-4-23(30)28-24(31)15-26-12-17-9-18(13-26)11-19(10-17)14-26/h2-4,16-20H,5-15H2,1H3,(H,28,31). The van der Waals surface area contributed by atoms with Gasteiger partial charge >= 0.3 is 0 Å². The minimum absolute atomic E-state index is 0.0453. The molecule has 0 unspecified atom stereocenters. The van der Waals surface area contributed by atoms with E-state index in [1.165, 1.54) is 44.8 Å². The lowest BCUT2D eigenvalue weighted by Gasteiger charge is -2.56. The first-order valence-corrected chi connectivity index (χ1v) is 14.9. The summed E-state index contributed by atoms with van der Waals surface area (Å²) in [6.45, 7) is 0.804. The Balaban J connectivity index is 1.15. The Labute approximate surface area is 206 Å². The Morgan fingerprint density at radius 2 is 1.69 bits per heavy atom. The summed E-state index contributed by atoms with van der Waals surface area (Å²) in [4.78, 5) is 32.4. The lowest BCUT2D eigenvalue weighted by molar-refractivity contribution is -0.124. The van der Waals surface area contributed by atoms with Gasteiger partial charge in [0.15, 0.2) is 0 Å². The number of hydrogen-bond donors (Lipinski definition) is 1. The van der Waals surface area contributed by atoms with Gasteiger partial charge in [-0.2, -0.15) is 0 Å². The smallest absolute Gasteiger partial charge is 0.274 e. The third kappa shape index (κ3) is 4.36. The molecular formula is C26H34N4O4S. The van der Waals surface area contributed by atoms with Crippen molar-refractivity contribution in [3.63, 3.8) is 0 Å². The van der Waals surface area contributed by atoms with Gasteiger partial charge in [-0.25, -0.2) is 13.4 Å². The molecule has 1 saturated heterocycles. The van der Waals surface area contributed by atoms with Gasteiger partial charge in [-0.15, -0.1) is 0 Å². The van der Waals surface area contributed by atoms with E-state index in [9.17, 15) is 18.0 Å². The number of sulfone groups is 1. The zero-order chi connectivity index (χ0) is 24.4. The SMILES string of the molecule is CS(=O)(=O)C1CCN(C(=O)c2cn3c(NC(=O)CC45CC6CC(CC(C6)C4)C5)cccc3n2)CC1. The fourth-order valence-corrected chi connectivity index (χ4v) is 8.97. The summed E-state index contributed by atoms with van der Waals surface area (Å²) in [7, 11) is -3.09. The maximum Gasteiger partial charge on any atom is 0.274 e. The highest BCUT2D eigenvalue weighted by atomic mass is 32.2. The van der Waals surface area contributed by atoms with Crippen LogP contribution in [0.3, 0.4) is 0 Å². The van der Waals surface area contributed by atoms with Crippen molar-refractivity contribution in [3.05, 3.63) is 30.1 Å². The molecule has 7 rings (SSSR count). The lowest BCUT2D eigenvalue weighted by Crippen LogP contribution is -2.47. The first-order valence-electron chi connectivity index (χ1n) is 12.9. The van der Waals surface area contributed by atoms with Crippen LogP contribution in [0.25, 0.3) is 5.65 Å². The van der Waals surface area contributed by atoms with Crippen molar-refractivity contribution >= 4 is 33.1 Å². The summed E-state index contributed by atoms with van der Waals surface area (Å²) in [6.07, 6.45) is 12.1. The van der Waals surface area contributed by atoms with Crippen LogP contribution in [0, 0.1) is 23.2 Å². The van der Waals surface area contributed by atoms with Gasteiger partial charge in [0.05, 0.1) is 5.25 Å². The Kier molecular flexibility index (Phi) is 5.47. The van der Waals surface area contributed by atoms with Crippen LogP contribution in [0.2, 0.25) is 0 Å². The van der Waals surface area contributed by atoms with Gasteiger partial charge in [0.2, 0.25) is 5.91 Å². The maximum absolute atomic E-state index is 13.2. The van der Waals surface area contributed by atoms with Gasteiger partial charge in [-0.05, 0) is 86.7 Å². The average molecular weight is 499 g/mol. The molecule has 0 aromatic carbocycles. The van der Waals surface area contributed by atoms with Crippen LogP contribution in [-0.2, 0) is 14.6 Å². The molecule has 2 amide bonds. The number of anilines is 1. The molecule has 0 atom stereocenters. The highest BCUT2D eigenvalue weighted by Gasteiger charge is 2.51. The van der Waals surface area contributed by atoms with Crippen LogP contribution in [-0.4, -0.2) is 59.1 Å². The normalized spacial score (nSPS) is 30.7. The van der Waals surface area contributed by atoms with Crippen molar-refractivity contribution in [2.45, 2.75) is 63.0 Å². The summed E-state index contributed by atoms with van der Waals surface area (Å²) in [5.41, 5.74) is 1.08. The molecule has 35 heavy (non-hydrogen) atoms. The van der Waals surface area contributed by atoms with Crippen molar-refractivity contribution in [2.24, 2.45) is 23.2 Å². The molecule has 1 aliphatic heterocycles.